The van der Waals surface area contributed by atoms with Gasteiger partial charge in [-0.15, -0.1) is 0 Å². The normalized spacial score (nSPS) is 29.5. The van der Waals surface area contributed by atoms with Gasteiger partial charge in [0.15, 0.2) is 5.96 Å². The number of nitrogens with one attached hydrogen (secondary N) is 2. The first-order chi connectivity index (χ1) is 12.6. The molecule has 3 aliphatic heterocycles. The first-order valence-electron chi connectivity index (χ1n) is 10.3. The van der Waals surface area contributed by atoms with Crippen LogP contribution in [-0.4, -0.2) is 99.1 Å². The van der Waals surface area contributed by atoms with Crippen LogP contribution in [0.1, 0.15) is 32.1 Å². The molecule has 7 heteroatoms. The summed E-state index contributed by atoms with van der Waals surface area (Å²) in [5.74, 6) is 1.57. The fourth-order valence-electron chi connectivity index (χ4n) is 4.23. The maximum atomic E-state index is 11.9. The van der Waals surface area contributed by atoms with E-state index < -0.39 is 0 Å². The lowest BCUT2D eigenvalue weighted by Crippen LogP contribution is -2.64. The van der Waals surface area contributed by atoms with Crippen molar-refractivity contribution in [3.8, 4) is 0 Å². The lowest BCUT2D eigenvalue weighted by atomic mass is 9.89. The summed E-state index contributed by atoms with van der Waals surface area (Å²) in [5.41, 5.74) is 0. The summed E-state index contributed by atoms with van der Waals surface area (Å²) in [7, 11) is 3.56. The molecule has 1 atom stereocenters. The van der Waals surface area contributed by atoms with Crippen LogP contribution in [0.5, 0.6) is 0 Å². The molecule has 2 N–H and O–H groups in total. The smallest absolute Gasteiger partial charge is 0.243 e. The molecule has 148 valence electrons. The lowest BCUT2D eigenvalue weighted by molar-refractivity contribution is -0.127. The second-order valence-corrected chi connectivity index (χ2v) is 8.21. The Hall–Kier alpha value is -1.34. The minimum atomic E-state index is 0.0374. The summed E-state index contributed by atoms with van der Waals surface area (Å²) < 4.78 is 0. The Bertz CT molecular complexity index is 480. The largest absolute Gasteiger partial charge is 0.356 e. The van der Waals surface area contributed by atoms with E-state index in [0.29, 0.717) is 6.04 Å². The number of carbonyl (C=O) groups is 1. The molecule has 0 aromatic heterocycles. The molecule has 1 aliphatic carbocycles. The highest BCUT2D eigenvalue weighted by atomic mass is 16.2. The molecule has 0 spiro atoms. The lowest BCUT2D eigenvalue weighted by Gasteiger charge is -2.47. The molecule has 1 amide bonds. The Morgan fingerprint density at radius 2 is 1.73 bits per heavy atom. The highest BCUT2D eigenvalue weighted by Gasteiger charge is 2.31. The summed E-state index contributed by atoms with van der Waals surface area (Å²) in [6, 6.07) is 0.545. The first kappa shape index (κ1) is 19.4. The van der Waals surface area contributed by atoms with Crippen LogP contribution in [0.4, 0.5) is 0 Å². The molecule has 1 saturated carbocycles. The average molecular weight is 365 g/mol. The summed E-state index contributed by atoms with van der Waals surface area (Å²) in [6.45, 7) is 7.95. The number of aliphatic imine (C=N–C) groups is 1. The van der Waals surface area contributed by atoms with Crippen LogP contribution in [0.15, 0.2) is 4.99 Å². The highest BCUT2D eigenvalue weighted by Crippen LogP contribution is 2.22. The maximum absolute atomic E-state index is 11.9. The third-order valence-corrected chi connectivity index (χ3v) is 6.05. The molecule has 7 nitrogen and oxygen atoms in total. The van der Waals surface area contributed by atoms with Gasteiger partial charge in [0.25, 0.3) is 0 Å². The zero-order valence-electron chi connectivity index (χ0n) is 16.5. The number of fused-ring (bicyclic) bond motifs is 3. The van der Waals surface area contributed by atoms with Gasteiger partial charge in [-0.25, -0.2) is 4.99 Å². The quantitative estimate of drug-likeness (QED) is 0.520. The Morgan fingerprint density at radius 3 is 2.35 bits per heavy atom. The van der Waals surface area contributed by atoms with Gasteiger partial charge in [-0.1, -0.05) is 19.3 Å². The van der Waals surface area contributed by atoms with Gasteiger partial charge < -0.3 is 15.5 Å². The van der Waals surface area contributed by atoms with E-state index in [1.54, 1.807) is 19.0 Å². The van der Waals surface area contributed by atoms with Gasteiger partial charge in [-0.2, -0.15) is 0 Å². The number of amides is 1. The molecule has 0 radical (unpaired) electrons. The Labute approximate surface area is 158 Å². The molecule has 3 saturated heterocycles. The van der Waals surface area contributed by atoms with Crippen molar-refractivity contribution in [3.63, 3.8) is 0 Å². The summed E-state index contributed by atoms with van der Waals surface area (Å²) in [4.78, 5) is 23.2. The zero-order valence-corrected chi connectivity index (χ0v) is 16.5. The van der Waals surface area contributed by atoms with Crippen LogP contribution in [0.25, 0.3) is 0 Å². The van der Waals surface area contributed by atoms with Gasteiger partial charge in [0.05, 0.1) is 0 Å². The number of carbonyl (C=O) groups excluding carboxylic acids is 1. The topological polar surface area (TPSA) is 63.2 Å². The third-order valence-electron chi connectivity index (χ3n) is 6.05. The number of likely N-dealkylation sites (N-methyl/N-ethyl adjacent to an activating group) is 1. The molecule has 0 aromatic rings. The SMILES string of the molecule is CN(C)C(=O)CN=C(NCC1CCCCC1)NCC1CN2CCN1CC2. The van der Waals surface area contributed by atoms with Crippen molar-refractivity contribution < 1.29 is 4.79 Å². The predicted octanol–water partition coefficient (Wildman–Crippen LogP) is 0.190. The number of guanidine groups is 1. The third kappa shape index (κ3) is 5.58. The van der Waals surface area contributed by atoms with Crippen LogP contribution >= 0.6 is 0 Å². The molecule has 26 heavy (non-hydrogen) atoms. The van der Waals surface area contributed by atoms with Crippen LogP contribution in [-0.2, 0) is 4.79 Å². The van der Waals surface area contributed by atoms with Crippen LogP contribution < -0.4 is 10.6 Å². The summed E-state index contributed by atoms with van der Waals surface area (Å²) in [5, 5.41) is 7.01. The van der Waals surface area contributed by atoms with E-state index in [1.165, 1.54) is 58.3 Å². The van der Waals surface area contributed by atoms with Gasteiger partial charge in [-0.3, -0.25) is 14.6 Å². The fraction of sp³-hybridized carbons (Fsp3) is 0.895. The molecule has 4 fully saturated rings. The van der Waals surface area contributed by atoms with E-state index in [-0.39, 0.29) is 12.5 Å². The molecule has 4 aliphatic rings. The molecule has 0 aromatic carbocycles. The predicted molar refractivity (Wildman–Crippen MR) is 105 cm³/mol. The van der Waals surface area contributed by atoms with Crippen molar-refractivity contribution in [3.05, 3.63) is 0 Å². The van der Waals surface area contributed by atoms with Gasteiger partial charge >= 0.3 is 0 Å². The number of rotatable bonds is 6. The second-order valence-electron chi connectivity index (χ2n) is 8.21. The van der Waals surface area contributed by atoms with Crippen molar-refractivity contribution in [2.45, 2.75) is 38.1 Å². The van der Waals surface area contributed by atoms with E-state index >= 15 is 0 Å². The second kappa shape index (κ2) is 9.55. The molecule has 4 rings (SSSR count). The number of hydrogen-bond acceptors (Lipinski definition) is 4. The van der Waals surface area contributed by atoms with Gasteiger partial charge in [0.2, 0.25) is 5.91 Å². The number of piperazine rings is 3. The van der Waals surface area contributed by atoms with E-state index in [1.807, 2.05) is 0 Å². The van der Waals surface area contributed by atoms with Crippen molar-refractivity contribution in [2.75, 3.05) is 66.5 Å². The summed E-state index contributed by atoms with van der Waals surface area (Å²) >= 11 is 0. The maximum Gasteiger partial charge on any atom is 0.243 e. The molecule has 2 bridgehead atoms. The number of nitrogens with zero attached hydrogens (tertiary/aromatic N) is 4. The van der Waals surface area contributed by atoms with E-state index in [0.717, 1.165) is 31.5 Å². The van der Waals surface area contributed by atoms with Gasteiger partial charge in [-0.05, 0) is 18.8 Å². The van der Waals surface area contributed by atoms with Crippen LogP contribution in [0, 0.1) is 5.92 Å². The van der Waals surface area contributed by atoms with E-state index in [9.17, 15) is 4.79 Å². The van der Waals surface area contributed by atoms with Gasteiger partial charge in [0, 0.05) is 66.0 Å². The molecular weight excluding hydrogens is 328 g/mol. The Kier molecular flexibility index (Phi) is 7.14. The van der Waals surface area contributed by atoms with Crippen LogP contribution in [0.3, 0.4) is 0 Å². The molecular formula is C19H36N6O. The number of hydrogen-bond donors (Lipinski definition) is 2. The van der Waals surface area contributed by atoms with Gasteiger partial charge in [0.1, 0.15) is 6.54 Å². The van der Waals surface area contributed by atoms with Crippen molar-refractivity contribution in [2.24, 2.45) is 10.9 Å². The molecule has 3 heterocycles. The van der Waals surface area contributed by atoms with Crippen molar-refractivity contribution in [1.29, 1.82) is 0 Å². The summed E-state index contributed by atoms with van der Waals surface area (Å²) in [6.07, 6.45) is 6.68. The van der Waals surface area contributed by atoms with Crippen LogP contribution in [0.2, 0.25) is 0 Å². The molecule has 1 unspecified atom stereocenters. The zero-order chi connectivity index (χ0) is 18.4. The van der Waals surface area contributed by atoms with E-state index in [2.05, 4.69) is 25.4 Å². The minimum Gasteiger partial charge on any atom is -0.356 e. The fourth-order valence-corrected chi connectivity index (χ4v) is 4.23. The van der Waals surface area contributed by atoms with Crippen molar-refractivity contribution >= 4 is 11.9 Å². The Balaban J connectivity index is 1.51. The van der Waals surface area contributed by atoms with E-state index in [4.69, 9.17) is 0 Å². The standard InChI is InChI=1S/C19H36N6O/c1-23(2)18(26)14-22-19(20-12-16-6-4-3-5-7-16)21-13-17-15-24-8-10-25(17)11-9-24/h16-17H,3-15H2,1-2H3,(H2,20,21,22). The monoisotopic (exact) mass is 364 g/mol. The van der Waals surface area contributed by atoms with Crippen molar-refractivity contribution in [1.82, 2.24) is 25.3 Å². The average Bonchev–Trinajstić information content (AvgIpc) is 2.68. The Morgan fingerprint density at radius 1 is 1.04 bits per heavy atom. The first-order valence-corrected chi connectivity index (χ1v) is 10.3. The highest BCUT2D eigenvalue weighted by molar-refractivity contribution is 5.84. The minimum absolute atomic E-state index is 0.0374.